The smallest absolute Gasteiger partial charge is 0.321 e. The van der Waals surface area contributed by atoms with Crippen molar-refractivity contribution in [2.24, 2.45) is 10.8 Å². The van der Waals surface area contributed by atoms with Crippen LogP contribution in [0.1, 0.15) is 48.0 Å². The Kier molecular flexibility index (Phi) is 6.60. The van der Waals surface area contributed by atoms with Gasteiger partial charge in [-0.15, -0.1) is 0 Å². The topological polar surface area (TPSA) is 36.9 Å². The molecule has 1 saturated heterocycles. The van der Waals surface area contributed by atoms with Crippen LogP contribution in [0.5, 0.6) is 0 Å². The van der Waals surface area contributed by atoms with Crippen molar-refractivity contribution in [1.82, 2.24) is 0 Å². The van der Waals surface area contributed by atoms with E-state index in [0.717, 1.165) is 6.42 Å². The monoisotopic (exact) mass is 422 g/mol. The van der Waals surface area contributed by atoms with Gasteiger partial charge in [-0.1, -0.05) is 41.5 Å². The highest BCUT2D eigenvalue weighted by Gasteiger charge is 2.58. The summed E-state index contributed by atoms with van der Waals surface area (Å²) >= 11 is 0. The predicted molar refractivity (Wildman–Crippen MR) is 116 cm³/mol. The number of hydrogen-bond acceptors (Lipinski definition) is 4. The molecule has 1 fully saturated rings. The molecule has 25 heavy (non-hydrogen) atoms. The zero-order valence-electron chi connectivity index (χ0n) is 18.9. The normalized spacial score (nSPS) is 27.2. The summed E-state index contributed by atoms with van der Waals surface area (Å²) in [6.45, 7) is 28.9. The van der Waals surface area contributed by atoms with Crippen LogP contribution in [0.4, 0.5) is 0 Å². The van der Waals surface area contributed by atoms with Crippen LogP contribution in [-0.4, -0.2) is 34.2 Å². The lowest BCUT2D eigenvalue weighted by Crippen LogP contribution is -2.67. The van der Waals surface area contributed by atoms with E-state index in [-0.39, 0.29) is 10.8 Å². The summed E-state index contributed by atoms with van der Waals surface area (Å²) < 4.78 is 26.8. The summed E-state index contributed by atoms with van der Waals surface area (Å²) in [4.78, 5) is 0. The van der Waals surface area contributed by atoms with Crippen molar-refractivity contribution in [3.63, 3.8) is 0 Å². The molecule has 0 saturated carbocycles. The lowest BCUT2D eigenvalue weighted by molar-refractivity contribution is 0.183. The summed E-state index contributed by atoms with van der Waals surface area (Å²) in [5.74, 6) is 0. The minimum absolute atomic E-state index is 0.107. The Morgan fingerprint density at radius 1 is 0.600 bits per heavy atom. The Hall–Kier alpha value is 0.708. The highest BCUT2D eigenvalue weighted by atomic mass is 28.5. The molecule has 0 aromatic rings. The van der Waals surface area contributed by atoms with Crippen molar-refractivity contribution in [1.29, 1.82) is 0 Å². The summed E-state index contributed by atoms with van der Waals surface area (Å²) in [7, 11) is -9.43. The van der Waals surface area contributed by atoms with E-state index in [1.54, 1.807) is 0 Å². The Balaban J connectivity index is 3.39. The first-order valence-electron chi connectivity index (χ1n) is 9.47. The van der Waals surface area contributed by atoms with Crippen molar-refractivity contribution >= 4 is 34.2 Å². The molecule has 150 valence electrons. The Bertz CT molecular complexity index is 456. The lowest BCUT2D eigenvalue weighted by Gasteiger charge is -2.53. The lowest BCUT2D eigenvalue weighted by atomic mass is 9.80. The third-order valence-corrected chi connectivity index (χ3v) is 21.8. The summed E-state index contributed by atoms with van der Waals surface area (Å²) in [6.07, 6.45) is 1.08. The maximum Gasteiger partial charge on any atom is 0.321 e. The molecule has 1 unspecified atom stereocenters. The highest BCUT2D eigenvalue weighted by molar-refractivity contribution is 6.93. The first-order chi connectivity index (χ1) is 10.7. The molecule has 0 spiro atoms. The van der Waals surface area contributed by atoms with Crippen molar-refractivity contribution in [3.05, 3.63) is 0 Å². The Labute approximate surface area is 161 Å². The molecular weight excluding hydrogens is 381 g/mol. The van der Waals surface area contributed by atoms with Crippen LogP contribution in [0.25, 0.3) is 0 Å². The van der Waals surface area contributed by atoms with Gasteiger partial charge in [0.1, 0.15) is 0 Å². The molecular formula is C17H42O4Si4. The fourth-order valence-electron chi connectivity index (χ4n) is 4.28. The predicted octanol–water partition coefficient (Wildman–Crippen LogP) is 6.10. The van der Waals surface area contributed by atoms with Crippen molar-refractivity contribution < 1.29 is 16.5 Å². The van der Waals surface area contributed by atoms with Crippen LogP contribution in [0, 0.1) is 10.8 Å². The standard InChI is InChI=1S/C17H42O4Si4/c1-16(2,3)14-15(17(4,5)6)25(13)20-23(9,10)18-22(7,8)19-24(11,12)21-25/h15H,14H2,1-13H3. The van der Waals surface area contributed by atoms with E-state index in [2.05, 4.69) is 87.4 Å². The van der Waals surface area contributed by atoms with Gasteiger partial charge in [-0.25, -0.2) is 0 Å². The van der Waals surface area contributed by atoms with Crippen LogP contribution < -0.4 is 0 Å². The zero-order valence-corrected chi connectivity index (χ0v) is 22.9. The second-order valence-corrected chi connectivity index (χ2v) is 25.7. The molecule has 1 aliphatic heterocycles. The first kappa shape index (κ1) is 23.7. The minimum Gasteiger partial charge on any atom is -0.416 e. The SMILES string of the molecule is CC(C)(C)CC(C(C)(C)C)[Si]1(C)O[Si](C)(C)O[Si](C)(C)O[Si](C)(C)O1. The summed E-state index contributed by atoms with van der Waals surface area (Å²) in [6, 6.07) is 0. The van der Waals surface area contributed by atoms with E-state index in [0.29, 0.717) is 5.54 Å². The fourth-order valence-corrected chi connectivity index (χ4v) is 27.4. The van der Waals surface area contributed by atoms with Gasteiger partial charge in [0.15, 0.2) is 0 Å². The number of rotatable bonds is 2. The minimum atomic E-state index is -2.53. The molecule has 1 heterocycles. The quantitative estimate of drug-likeness (QED) is 0.504. The third kappa shape index (κ3) is 7.32. The fraction of sp³-hybridized carbons (Fsp3) is 1.00. The molecule has 0 radical (unpaired) electrons. The molecule has 1 atom stereocenters. The largest absolute Gasteiger partial charge is 0.416 e. The van der Waals surface area contributed by atoms with Crippen molar-refractivity contribution in [2.75, 3.05) is 0 Å². The molecule has 1 rings (SSSR count). The molecule has 8 heteroatoms. The first-order valence-corrected chi connectivity index (χ1v) is 20.3. The molecule has 0 N–H and O–H groups in total. The van der Waals surface area contributed by atoms with E-state index >= 15 is 0 Å². The van der Waals surface area contributed by atoms with Gasteiger partial charge in [-0.05, 0) is 63.1 Å². The third-order valence-electron chi connectivity index (χ3n) is 4.37. The van der Waals surface area contributed by atoms with Gasteiger partial charge in [0.05, 0.1) is 0 Å². The average molecular weight is 423 g/mol. The molecule has 0 aliphatic carbocycles. The molecule has 1 aliphatic rings. The van der Waals surface area contributed by atoms with Gasteiger partial charge < -0.3 is 16.5 Å². The van der Waals surface area contributed by atoms with Gasteiger partial charge in [-0.3, -0.25) is 0 Å². The second kappa shape index (κ2) is 6.95. The van der Waals surface area contributed by atoms with Crippen molar-refractivity contribution in [3.8, 4) is 0 Å². The van der Waals surface area contributed by atoms with Crippen LogP contribution in [-0.2, 0) is 16.5 Å². The van der Waals surface area contributed by atoms with E-state index in [4.69, 9.17) is 16.5 Å². The van der Waals surface area contributed by atoms with Crippen molar-refractivity contribution in [2.45, 2.75) is 99.3 Å². The average Bonchev–Trinajstić information content (AvgIpc) is 2.15. The zero-order chi connectivity index (χ0) is 20.1. The molecule has 0 bridgehead atoms. The maximum atomic E-state index is 6.89. The van der Waals surface area contributed by atoms with Crippen LogP contribution in [0.2, 0.25) is 51.4 Å². The maximum absolute atomic E-state index is 6.89. The van der Waals surface area contributed by atoms with Gasteiger partial charge in [0.2, 0.25) is 0 Å². The van der Waals surface area contributed by atoms with Gasteiger partial charge in [0, 0.05) is 5.54 Å². The molecule has 0 aromatic carbocycles. The van der Waals surface area contributed by atoms with Crippen LogP contribution in [0.3, 0.4) is 0 Å². The summed E-state index contributed by atoms with van der Waals surface area (Å²) in [5.41, 5.74) is 0.694. The van der Waals surface area contributed by atoms with E-state index < -0.39 is 34.2 Å². The molecule has 0 aromatic heterocycles. The van der Waals surface area contributed by atoms with E-state index in [9.17, 15) is 0 Å². The second-order valence-electron chi connectivity index (χ2n) is 11.3. The summed E-state index contributed by atoms with van der Waals surface area (Å²) in [5, 5.41) is 0. The van der Waals surface area contributed by atoms with E-state index in [1.807, 2.05) is 0 Å². The van der Waals surface area contributed by atoms with Gasteiger partial charge >= 0.3 is 34.2 Å². The molecule has 4 nitrogen and oxygen atoms in total. The van der Waals surface area contributed by atoms with Gasteiger partial charge in [-0.2, -0.15) is 0 Å². The Morgan fingerprint density at radius 2 is 0.920 bits per heavy atom. The molecule has 0 amide bonds. The van der Waals surface area contributed by atoms with Gasteiger partial charge in [0.25, 0.3) is 0 Å². The van der Waals surface area contributed by atoms with Crippen LogP contribution >= 0.6 is 0 Å². The van der Waals surface area contributed by atoms with Crippen LogP contribution in [0.15, 0.2) is 0 Å². The highest BCUT2D eigenvalue weighted by Crippen LogP contribution is 2.49. The Morgan fingerprint density at radius 3 is 1.20 bits per heavy atom. The number of hydrogen-bond donors (Lipinski definition) is 0. The van der Waals surface area contributed by atoms with E-state index in [1.165, 1.54) is 0 Å².